The van der Waals surface area contributed by atoms with Gasteiger partial charge in [0.1, 0.15) is 17.3 Å². The summed E-state index contributed by atoms with van der Waals surface area (Å²) in [4.78, 5) is 25.9. The lowest BCUT2D eigenvalue weighted by Gasteiger charge is -2.11. The Morgan fingerprint density at radius 3 is 2.29 bits per heavy atom. The summed E-state index contributed by atoms with van der Waals surface area (Å²) in [7, 11) is 2.93. The summed E-state index contributed by atoms with van der Waals surface area (Å²) in [5.41, 5.74) is 5.76. The van der Waals surface area contributed by atoms with Crippen LogP contribution < -0.4 is 20.3 Å². The van der Waals surface area contributed by atoms with Crippen LogP contribution in [0.2, 0.25) is 0 Å². The maximum atomic E-state index is 13.0. The Morgan fingerprint density at radius 2 is 1.61 bits per heavy atom. The molecular weight excluding hydrogens is 383 g/mol. The van der Waals surface area contributed by atoms with E-state index in [0.717, 1.165) is 10.4 Å². The highest BCUT2D eigenvalue weighted by molar-refractivity contribution is 7.17. The predicted molar refractivity (Wildman–Crippen MR) is 104 cm³/mol. The van der Waals surface area contributed by atoms with Gasteiger partial charge in [-0.25, -0.2) is 4.39 Å². The van der Waals surface area contributed by atoms with Gasteiger partial charge in [0.05, 0.1) is 24.7 Å². The van der Waals surface area contributed by atoms with Crippen LogP contribution in [0.1, 0.15) is 20.0 Å². The van der Waals surface area contributed by atoms with E-state index in [4.69, 9.17) is 9.47 Å². The normalized spacial score (nSPS) is 10.2. The molecule has 0 aliphatic carbocycles. The Morgan fingerprint density at radius 1 is 0.893 bits per heavy atom. The van der Waals surface area contributed by atoms with Crippen molar-refractivity contribution >= 4 is 23.2 Å². The Hall–Kier alpha value is -3.39. The molecule has 0 unspecified atom stereocenters. The number of hydrazine groups is 1. The van der Waals surface area contributed by atoms with Crippen molar-refractivity contribution in [2.24, 2.45) is 0 Å². The minimum atomic E-state index is -0.542. The Bertz CT molecular complexity index is 1000. The molecule has 6 nitrogen and oxygen atoms in total. The van der Waals surface area contributed by atoms with E-state index in [1.165, 1.54) is 43.8 Å². The first kappa shape index (κ1) is 19.4. The van der Waals surface area contributed by atoms with Gasteiger partial charge in [-0.2, -0.15) is 0 Å². The molecule has 2 amide bonds. The van der Waals surface area contributed by atoms with E-state index in [1.54, 1.807) is 36.4 Å². The van der Waals surface area contributed by atoms with Crippen molar-refractivity contribution in [3.63, 3.8) is 0 Å². The van der Waals surface area contributed by atoms with E-state index in [1.807, 2.05) is 0 Å². The van der Waals surface area contributed by atoms with Crippen LogP contribution >= 0.6 is 11.3 Å². The molecule has 3 aromatic rings. The fourth-order valence-electron chi connectivity index (χ4n) is 2.46. The van der Waals surface area contributed by atoms with Crippen LogP contribution in [0.25, 0.3) is 10.4 Å². The number of ether oxygens (including phenoxy) is 2. The highest BCUT2D eigenvalue weighted by atomic mass is 32.1. The highest BCUT2D eigenvalue weighted by Crippen LogP contribution is 2.28. The van der Waals surface area contributed by atoms with Gasteiger partial charge < -0.3 is 9.47 Å². The van der Waals surface area contributed by atoms with Crippen molar-refractivity contribution < 1.29 is 23.5 Å². The summed E-state index contributed by atoms with van der Waals surface area (Å²) in [5, 5.41) is 0. The number of methoxy groups -OCH3 is 2. The van der Waals surface area contributed by atoms with Gasteiger partial charge in [-0.3, -0.25) is 20.4 Å². The lowest BCUT2D eigenvalue weighted by atomic mass is 10.2. The van der Waals surface area contributed by atoms with Crippen LogP contribution in [0.5, 0.6) is 11.5 Å². The minimum Gasteiger partial charge on any atom is -0.497 e. The number of carbonyl (C=O) groups is 2. The van der Waals surface area contributed by atoms with E-state index in [-0.39, 0.29) is 11.4 Å². The summed E-state index contributed by atoms with van der Waals surface area (Å²) in [6, 6.07) is 14.2. The molecule has 0 saturated heterocycles. The molecule has 2 N–H and O–H groups in total. The number of benzene rings is 2. The zero-order valence-electron chi connectivity index (χ0n) is 15.1. The number of hydrogen-bond acceptors (Lipinski definition) is 5. The van der Waals surface area contributed by atoms with Crippen molar-refractivity contribution in [2.75, 3.05) is 14.2 Å². The molecule has 0 aliphatic heterocycles. The van der Waals surface area contributed by atoms with E-state index in [2.05, 4.69) is 10.9 Å². The smallest absolute Gasteiger partial charge is 0.279 e. The van der Waals surface area contributed by atoms with Crippen LogP contribution in [-0.4, -0.2) is 26.0 Å². The maximum Gasteiger partial charge on any atom is 0.279 e. The van der Waals surface area contributed by atoms with Crippen molar-refractivity contribution in [3.8, 4) is 21.9 Å². The van der Waals surface area contributed by atoms with Crippen LogP contribution in [0, 0.1) is 5.82 Å². The van der Waals surface area contributed by atoms with Crippen LogP contribution in [0.15, 0.2) is 54.6 Å². The van der Waals surface area contributed by atoms with E-state index < -0.39 is 11.8 Å². The molecule has 0 saturated carbocycles. The van der Waals surface area contributed by atoms with E-state index >= 15 is 0 Å². The molecule has 1 aromatic heterocycles. The molecule has 0 aliphatic rings. The second kappa shape index (κ2) is 8.53. The molecule has 2 aromatic carbocycles. The van der Waals surface area contributed by atoms with Crippen LogP contribution in [0.4, 0.5) is 4.39 Å². The van der Waals surface area contributed by atoms with Crippen molar-refractivity contribution in [3.05, 3.63) is 70.9 Å². The summed E-state index contributed by atoms with van der Waals surface area (Å²) < 4.78 is 23.3. The number of hydrogen-bond donors (Lipinski definition) is 2. The summed E-state index contributed by atoms with van der Waals surface area (Å²) in [6.45, 7) is 0. The van der Waals surface area contributed by atoms with Crippen LogP contribution in [-0.2, 0) is 0 Å². The lowest BCUT2D eigenvalue weighted by Crippen LogP contribution is -2.41. The monoisotopic (exact) mass is 400 g/mol. The molecular formula is C20H17FN2O4S. The SMILES string of the molecule is COc1ccc(OC)c(C(=O)NNC(=O)c2ccc(-c3ccc(F)cc3)s2)c1. The Balaban J connectivity index is 1.67. The molecule has 8 heteroatoms. The third-order valence-electron chi connectivity index (χ3n) is 3.90. The van der Waals surface area contributed by atoms with E-state index in [0.29, 0.717) is 16.4 Å². The zero-order chi connectivity index (χ0) is 20.1. The first-order valence-corrected chi connectivity index (χ1v) is 9.02. The van der Waals surface area contributed by atoms with Crippen molar-refractivity contribution in [2.45, 2.75) is 0 Å². The number of amides is 2. The van der Waals surface area contributed by atoms with Crippen molar-refractivity contribution in [1.29, 1.82) is 0 Å². The average molecular weight is 400 g/mol. The minimum absolute atomic E-state index is 0.223. The summed E-state index contributed by atoms with van der Waals surface area (Å²) in [5.74, 6) is -0.497. The number of halogens is 1. The topological polar surface area (TPSA) is 76.7 Å². The maximum absolute atomic E-state index is 13.0. The Kier molecular flexibility index (Phi) is 5.90. The van der Waals surface area contributed by atoms with Gasteiger partial charge in [-0.15, -0.1) is 11.3 Å². The number of carbonyl (C=O) groups excluding carboxylic acids is 2. The van der Waals surface area contributed by atoms with Gasteiger partial charge in [0.15, 0.2) is 0 Å². The van der Waals surface area contributed by atoms with E-state index in [9.17, 15) is 14.0 Å². The highest BCUT2D eigenvalue weighted by Gasteiger charge is 2.16. The molecule has 144 valence electrons. The second-order valence-corrected chi connectivity index (χ2v) is 6.73. The van der Waals surface area contributed by atoms with Gasteiger partial charge in [0.2, 0.25) is 0 Å². The standard InChI is InChI=1S/C20H17FN2O4S/c1-26-14-7-8-16(27-2)15(11-14)19(24)22-23-20(25)18-10-9-17(28-18)12-3-5-13(21)6-4-12/h3-11H,1-2H3,(H,22,24)(H,23,25). The molecule has 0 atom stereocenters. The number of nitrogens with one attached hydrogen (secondary N) is 2. The quantitative estimate of drug-likeness (QED) is 0.641. The Labute approximate surface area is 164 Å². The van der Waals surface area contributed by atoms with Crippen LogP contribution in [0.3, 0.4) is 0 Å². The second-order valence-electron chi connectivity index (χ2n) is 5.65. The summed E-state index contributed by atoms with van der Waals surface area (Å²) in [6.07, 6.45) is 0. The predicted octanol–water partition coefficient (Wildman–Crippen LogP) is 3.65. The molecule has 28 heavy (non-hydrogen) atoms. The first-order valence-electron chi connectivity index (χ1n) is 8.20. The third-order valence-corrected chi connectivity index (χ3v) is 5.03. The third kappa shape index (κ3) is 4.29. The fraction of sp³-hybridized carbons (Fsp3) is 0.100. The largest absolute Gasteiger partial charge is 0.497 e. The van der Waals surface area contributed by atoms with Gasteiger partial charge in [-0.05, 0) is 48.0 Å². The molecule has 3 rings (SSSR count). The molecule has 0 spiro atoms. The molecule has 0 radical (unpaired) electrons. The van der Waals surface area contributed by atoms with Gasteiger partial charge in [0.25, 0.3) is 11.8 Å². The van der Waals surface area contributed by atoms with Gasteiger partial charge >= 0.3 is 0 Å². The molecule has 1 heterocycles. The van der Waals surface area contributed by atoms with Crippen molar-refractivity contribution in [1.82, 2.24) is 10.9 Å². The summed E-state index contributed by atoms with van der Waals surface area (Å²) >= 11 is 1.23. The zero-order valence-corrected chi connectivity index (χ0v) is 15.9. The molecule has 0 bridgehead atoms. The fourth-order valence-corrected chi connectivity index (χ4v) is 3.37. The number of thiophene rings is 1. The van der Waals surface area contributed by atoms with Gasteiger partial charge in [0, 0.05) is 4.88 Å². The first-order chi connectivity index (χ1) is 13.5. The molecule has 0 fully saturated rings. The number of rotatable bonds is 5. The average Bonchev–Trinajstić information content (AvgIpc) is 3.22. The lowest BCUT2D eigenvalue weighted by molar-refractivity contribution is 0.0847. The van der Waals surface area contributed by atoms with Gasteiger partial charge in [-0.1, -0.05) is 12.1 Å².